The maximum absolute atomic E-state index is 8.73. The molecule has 4 nitrogen and oxygen atoms in total. The molecule has 1 heterocycles. The van der Waals surface area contributed by atoms with E-state index in [4.69, 9.17) is 10.9 Å². The summed E-state index contributed by atoms with van der Waals surface area (Å²) in [6, 6.07) is 0. The molecule has 0 aromatic carbocycles. The molecule has 0 aliphatic carbocycles. The molecule has 0 saturated carbocycles. The molecule has 0 spiro atoms. The standard InChI is InChI=1S/C14H29N3O/c1-13(2)7-10-17(11-8-13)9-5-6-14(3,4)12(15)16-18/h18H,5-11H2,1-4H3,(H2,15,16). The number of nitrogens with two attached hydrogens (primary N) is 1. The Morgan fingerprint density at radius 2 is 1.89 bits per heavy atom. The first-order valence-corrected chi connectivity index (χ1v) is 6.97. The summed E-state index contributed by atoms with van der Waals surface area (Å²) in [6.07, 6.45) is 4.64. The van der Waals surface area contributed by atoms with Crippen LogP contribution in [0.25, 0.3) is 0 Å². The second kappa shape index (κ2) is 5.91. The van der Waals surface area contributed by atoms with Crippen LogP contribution >= 0.6 is 0 Å². The fraction of sp³-hybridized carbons (Fsp3) is 0.929. The lowest BCUT2D eigenvalue weighted by molar-refractivity contribution is 0.129. The zero-order chi connectivity index (χ0) is 13.8. The zero-order valence-corrected chi connectivity index (χ0v) is 12.4. The molecule has 0 aromatic heterocycles. The summed E-state index contributed by atoms with van der Waals surface area (Å²) in [6.45, 7) is 12.3. The first kappa shape index (κ1) is 15.3. The third-order valence-electron chi connectivity index (χ3n) is 4.29. The van der Waals surface area contributed by atoms with Crippen molar-refractivity contribution in [1.29, 1.82) is 0 Å². The van der Waals surface area contributed by atoms with Crippen molar-refractivity contribution in [1.82, 2.24) is 4.90 Å². The molecule has 0 radical (unpaired) electrons. The van der Waals surface area contributed by atoms with Crippen molar-refractivity contribution in [2.45, 2.75) is 53.4 Å². The number of nitrogens with zero attached hydrogens (tertiary/aromatic N) is 2. The minimum absolute atomic E-state index is 0.205. The van der Waals surface area contributed by atoms with Crippen molar-refractivity contribution in [2.24, 2.45) is 21.7 Å². The lowest BCUT2D eigenvalue weighted by Gasteiger charge is -2.37. The summed E-state index contributed by atoms with van der Waals surface area (Å²) in [7, 11) is 0. The van der Waals surface area contributed by atoms with Crippen LogP contribution in [0.4, 0.5) is 0 Å². The maximum Gasteiger partial charge on any atom is 0.144 e. The molecule has 0 aromatic rings. The van der Waals surface area contributed by atoms with Gasteiger partial charge in [0.25, 0.3) is 0 Å². The van der Waals surface area contributed by atoms with E-state index in [1.807, 2.05) is 13.8 Å². The van der Waals surface area contributed by atoms with E-state index >= 15 is 0 Å². The third-order valence-corrected chi connectivity index (χ3v) is 4.29. The van der Waals surface area contributed by atoms with Crippen molar-refractivity contribution in [3.8, 4) is 0 Å². The van der Waals surface area contributed by atoms with Crippen molar-refractivity contribution >= 4 is 5.84 Å². The smallest absolute Gasteiger partial charge is 0.144 e. The molecule has 1 saturated heterocycles. The average Bonchev–Trinajstić information content (AvgIpc) is 2.30. The highest BCUT2D eigenvalue weighted by Crippen LogP contribution is 2.30. The van der Waals surface area contributed by atoms with Crippen LogP contribution in [0.2, 0.25) is 0 Å². The summed E-state index contributed by atoms with van der Waals surface area (Å²) >= 11 is 0. The van der Waals surface area contributed by atoms with E-state index in [1.54, 1.807) is 0 Å². The highest BCUT2D eigenvalue weighted by molar-refractivity contribution is 5.85. The predicted molar refractivity (Wildman–Crippen MR) is 75.9 cm³/mol. The van der Waals surface area contributed by atoms with Gasteiger partial charge >= 0.3 is 0 Å². The van der Waals surface area contributed by atoms with E-state index in [2.05, 4.69) is 23.9 Å². The van der Waals surface area contributed by atoms with Gasteiger partial charge in [-0.25, -0.2) is 0 Å². The summed E-state index contributed by atoms with van der Waals surface area (Å²) in [5.41, 5.74) is 6.00. The molecular weight excluding hydrogens is 226 g/mol. The Morgan fingerprint density at radius 1 is 1.33 bits per heavy atom. The van der Waals surface area contributed by atoms with Gasteiger partial charge in [0.2, 0.25) is 0 Å². The number of rotatable bonds is 5. The largest absolute Gasteiger partial charge is 0.409 e. The Labute approximate surface area is 111 Å². The van der Waals surface area contributed by atoms with Crippen LogP contribution in [0.1, 0.15) is 53.4 Å². The van der Waals surface area contributed by atoms with Gasteiger partial charge < -0.3 is 15.8 Å². The van der Waals surface area contributed by atoms with Gasteiger partial charge in [0.15, 0.2) is 0 Å². The number of amidine groups is 1. The number of hydrogen-bond donors (Lipinski definition) is 2. The van der Waals surface area contributed by atoms with Crippen LogP contribution < -0.4 is 5.73 Å². The topological polar surface area (TPSA) is 61.8 Å². The van der Waals surface area contributed by atoms with Gasteiger partial charge in [0.1, 0.15) is 5.84 Å². The van der Waals surface area contributed by atoms with Crippen LogP contribution in [-0.4, -0.2) is 35.6 Å². The van der Waals surface area contributed by atoms with E-state index in [0.29, 0.717) is 11.3 Å². The quantitative estimate of drug-likeness (QED) is 0.343. The number of piperidine rings is 1. The van der Waals surface area contributed by atoms with E-state index in [9.17, 15) is 0 Å². The van der Waals surface area contributed by atoms with Crippen LogP contribution in [0, 0.1) is 10.8 Å². The van der Waals surface area contributed by atoms with Gasteiger partial charge in [0.05, 0.1) is 0 Å². The van der Waals surface area contributed by atoms with Crippen LogP contribution in [-0.2, 0) is 0 Å². The SMILES string of the molecule is CC1(C)CCN(CCCC(C)(C)C(N)=NO)CC1. The fourth-order valence-corrected chi connectivity index (χ4v) is 2.39. The van der Waals surface area contributed by atoms with E-state index in [1.165, 1.54) is 25.9 Å². The lowest BCUT2D eigenvalue weighted by Crippen LogP contribution is -2.38. The summed E-state index contributed by atoms with van der Waals surface area (Å²) in [5, 5.41) is 11.9. The predicted octanol–water partition coefficient (Wildman–Crippen LogP) is 2.66. The molecular formula is C14H29N3O. The van der Waals surface area contributed by atoms with Crippen LogP contribution in [0.5, 0.6) is 0 Å². The monoisotopic (exact) mass is 255 g/mol. The Kier molecular flexibility index (Phi) is 5.02. The molecule has 0 unspecified atom stereocenters. The van der Waals surface area contributed by atoms with Gasteiger partial charge in [-0.15, -0.1) is 0 Å². The van der Waals surface area contributed by atoms with E-state index < -0.39 is 0 Å². The minimum Gasteiger partial charge on any atom is -0.409 e. The highest BCUT2D eigenvalue weighted by atomic mass is 16.4. The molecule has 4 heteroatoms. The van der Waals surface area contributed by atoms with Crippen molar-refractivity contribution in [3.05, 3.63) is 0 Å². The first-order valence-electron chi connectivity index (χ1n) is 6.97. The van der Waals surface area contributed by atoms with Crippen molar-refractivity contribution < 1.29 is 5.21 Å². The third kappa shape index (κ3) is 4.48. The van der Waals surface area contributed by atoms with E-state index in [-0.39, 0.29) is 5.41 Å². The van der Waals surface area contributed by atoms with Crippen molar-refractivity contribution in [2.75, 3.05) is 19.6 Å². The van der Waals surface area contributed by atoms with Gasteiger partial charge in [-0.1, -0.05) is 32.9 Å². The van der Waals surface area contributed by atoms with Gasteiger partial charge in [-0.2, -0.15) is 0 Å². The minimum atomic E-state index is -0.205. The molecule has 0 amide bonds. The normalized spacial score (nSPS) is 22.1. The van der Waals surface area contributed by atoms with Gasteiger partial charge in [0, 0.05) is 5.41 Å². The Bertz CT molecular complexity index is 287. The molecule has 1 fully saturated rings. The molecule has 1 rings (SSSR count). The molecule has 0 atom stereocenters. The Hall–Kier alpha value is -0.770. The zero-order valence-electron chi connectivity index (χ0n) is 12.4. The van der Waals surface area contributed by atoms with Crippen LogP contribution in [0.15, 0.2) is 5.16 Å². The van der Waals surface area contributed by atoms with Gasteiger partial charge in [-0.05, 0) is 50.7 Å². The Balaban J connectivity index is 2.27. The average molecular weight is 255 g/mol. The lowest BCUT2D eigenvalue weighted by atomic mass is 9.82. The maximum atomic E-state index is 8.73. The summed E-state index contributed by atoms with van der Waals surface area (Å²) < 4.78 is 0. The number of oxime groups is 1. The second-order valence-corrected chi connectivity index (χ2v) is 6.98. The fourth-order valence-electron chi connectivity index (χ4n) is 2.39. The van der Waals surface area contributed by atoms with Gasteiger partial charge in [-0.3, -0.25) is 0 Å². The molecule has 0 bridgehead atoms. The van der Waals surface area contributed by atoms with Crippen molar-refractivity contribution in [3.63, 3.8) is 0 Å². The Morgan fingerprint density at radius 3 is 2.39 bits per heavy atom. The van der Waals surface area contributed by atoms with Crippen LogP contribution in [0.3, 0.4) is 0 Å². The molecule has 1 aliphatic heterocycles. The molecule has 1 aliphatic rings. The summed E-state index contributed by atoms with van der Waals surface area (Å²) in [5.74, 6) is 0.335. The number of hydrogen-bond acceptors (Lipinski definition) is 3. The first-order chi connectivity index (χ1) is 8.27. The van der Waals surface area contributed by atoms with E-state index in [0.717, 1.165) is 19.4 Å². The molecule has 106 valence electrons. The number of likely N-dealkylation sites (tertiary alicyclic amines) is 1. The second-order valence-electron chi connectivity index (χ2n) is 6.98. The highest BCUT2D eigenvalue weighted by Gasteiger charge is 2.26. The summed E-state index contributed by atoms with van der Waals surface area (Å²) in [4.78, 5) is 2.54. The molecule has 18 heavy (non-hydrogen) atoms. The molecule has 3 N–H and O–H groups in total.